The fourth-order valence-electron chi connectivity index (χ4n) is 2.22. The molecule has 0 saturated heterocycles. The highest BCUT2D eigenvalue weighted by Crippen LogP contribution is 2.40. The van der Waals surface area contributed by atoms with E-state index in [2.05, 4.69) is 58.6 Å². The Hall–Kier alpha value is -0.563. The van der Waals surface area contributed by atoms with E-state index < -0.39 is 8.07 Å². The molecule has 0 saturated carbocycles. The zero-order valence-electron chi connectivity index (χ0n) is 10.2. The molecule has 0 spiro atoms. The summed E-state index contributed by atoms with van der Waals surface area (Å²) in [6, 6.07) is 0. The van der Waals surface area contributed by atoms with Crippen molar-refractivity contribution < 1.29 is 0 Å². The molecule has 0 aromatic heterocycles. The van der Waals surface area contributed by atoms with Gasteiger partial charge in [0.25, 0.3) is 0 Å². The van der Waals surface area contributed by atoms with Crippen LogP contribution in [0.2, 0.25) is 18.6 Å². The van der Waals surface area contributed by atoms with Crippen LogP contribution in [0.5, 0.6) is 0 Å². The van der Waals surface area contributed by atoms with E-state index in [1.54, 1.807) is 0 Å². The van der Waals surface area contributed by atoms with E-state index in [1.165, 1.54) is 16.7 Å². The van der Waals surface area contributed by atoms with Crippen molar-refractivity contribution in [3.05, 3.63) is 34.6 Å². The second-order valence-electron chi connectivity index (χ2n) is 4.83. The summed E-state index contributed by atoms with van der Waals surface area (Å²) in [5.41, 5.74) is 7.37. The minimum Gasteiger partial charge on any atom is -0.0980 e. The molecule has 1 aliphatic rings. The molecule has 0 N–H and O–H groups in total. The van der Waals surface area contributed by atoms with Gasteiger partial charge in [0.05, 0.1) is 8.07 Å². The van der Waals surface area contributed by atoms with Gasteiger partial charge in [-0.1, -0.05) is 30.4 Å². The fourth-order valence-corrected chi connectivity index (χ4v) is 5.19. The lowest BCUT2D eigenvalue weighted by molar-refractivity contribution is 1.13. The van der Waals surface area contributed by atoms with Crippen LogP contribution in [-0.2, 0) is 0 Å². The van der Waals surface area contributed by atoms with Crippen molar-refractivity contribution in [2.75, 3.05) is 0 Å². The number of hydrogen-bond acceptors (Lipinski definition) is 0. The van der Waals surface area contributed by atoms with Crippen molar-refractivity contribution in [1.82, 2.24) is 0 Å². The molecule has 1 atom stereocenters. The van der Waals surface area contributed by atoms with Crippen LogP contribution >= 0.6 is 0 Å². The SMILES string of the molecule is CC=C[Si](C)(C)C1[C]=C(C)C(C)=C1C. The van der Waals surface area contributed by atoms with Gasteiger partial charge in [0.15, 0.2) is 0 Å². The summed E-state index contributed by atoms with van der Waals surface area (Å²) in [5, 5.41) is 0. The first-order valence-corrected chi connectivity index (χ1v) is 8.47. The van der Waals surface area contributed by atoms with E-state index in [9.17, 15) is 0 Å². The van der Waals surface area contributed by atoms with Crippen molar-refractivity contribution in [2.45, 2.75) is 46.3 Å². The zero-order valence-corrected chi connectivity index (χ0v) is 11.2. The first-order valence-electron chi connectivity index (χ1n) is 5.32. The normalized spacial score (nSPS) is 23.6. The predicted molar refractivity (Wildman–Crippen MR) is 66.9 cm³/mol. The third-order valence-corrected chi connectivity index (χ3v) is 6.55. The largest absolute Gasteiger partial charge is 0.0980 e. The first-order chi connectivity index (χ1) is 6.40. The predicted octanol–water partition coefficient (Wildman–Crippen LogP) is 4.28. The lowest BCUT2D eigenvalue weighted by atomic mass is 10.1. The van der Waals surface area contributed by atoms with E-state index >= 15 is 0 Å². The van der Waals surface area contributed by atoms with E-state index in [0.717, 1.165) is 0 Å². The summed E-state index contributed by atoms with van der Waals surface area (Å²) in [7, 11) is -1.29. The topological polar surface area (TPSA) is 0 Å². The molecule has 1 unspecified atom stereocenters. The molecule has 1 radical (unpaired) electrons. The van der Waals surface area contributed by atoms with Crippen LogP contribution in [0.3, 0.4) is 0 Å². The van der Waals surface area contributed by atoms with Crippen LogP contribution < -0.4 is 0 Å². The van der Waals surface area contributed by atoms with Gasteiger partial charge in [-0.2, -0.15) is 0 Å². The zero-order chi connectivity index (χ0) is 10.9. The number of allylic oxidation sites excluding steroid dienone is 5. The standard InChI is InChI=1S/C13H21Si/c1-7-8-14(5,6)13-9-10(2)11(3)12(13)4/h7-8,13H,1-6H3. The van der Waals surface area contributed by atoms with Gasteiger partial charge in [-0.3, -0.25) is 0 Å². The van der Waals surface area contributed by atoms with Crippen LogP contribution in [0, 0.1) is 6.08 Å². The molecule has 0 heterocycles. The van der Waals surface area contributed by atoms with Gasteiger partial charge in [0.2, 0.25) is 0 Å². The van der Waals surface area contributed by atoms with E-state index in [4.69, 9.17) is 0 Å². The summed E-state index contributed by atoms with van der Waals surface area (Å²) in [6.45, 7) is 13.6. The van der Waals surface area contributed by atoms with Crippen molar-refractivity contribution in [1.29, 1.82) is 0 Å². The molecular formula is C13H21Si. The third kappa shape index (κ3) is 1.93. The van der Waals surface area contributed by atoms with Gasteiger partial charge in [-0.25, -0.2) is 0 Å². The Morgan fingerprint density at radius 3 is 2.14 bits per heavy atom. The Kier molecular flexibility index (Phi) is 3.20. The van der Waals surface area contributed by atoms with Crippen LogP contribution in [0.4, 0.5) is 0 Å². The van der Waals surface area contributed by atoms with Crippen LogP contribution in [0.15, 0.2) is 28.5 Å². The Morgan fingerprint density at radius 1 is 1.21 bits per heavy atom. The summed E-state index contributed by atoms with van der Waals surface area (Å²) in [5.74, 6) is 0. The van der Waals surface area contributed by atoms with E-state index in [1.807, 2.05) is 0 Å². The van der Waals surface area contributed by atoms with Gasteiger partial charge in [0.1, 0.15) is 0 Å². The number of hydrogen-bond donors (Lipinski definition) is 0. The number of rotatable bonds is 2. The van der Waals surface area contributed by atoms with Gasteiger partial charge >= 0.3 is 0 Å². The molecule has 0 bridgehead atoms. The van der Waals surface area contributed by atoms with Crippen molar-refractivity contribution >= 4 is 8.07 Å². The molecule has 0 amide bonds. The van der Waals surface area contributed by atoms with Gasteiger partial charge in [-0.15, -0.1) is 0 Å². The minimum atomic E-state index is -1.29. The molecule has 1 rings (SSSR count). The Morgan fingerprint density at radius 2 is 1.79 bits per heavy atom. The first kappa shape index (κ1) is 11.5. The van der Waals surface area contributed by atoms with Crippen molar-refractivity contribution in [3.8, 4) is 0 Å². The summed E-state index contributed by atoms with van der Waals surface area (Å²) >= 11 is 0. The lowest BCUT2D eigenvalue weighted by Gasteiger charge is -2.26. The quantitative estimate of drug-likeness (QED) is 0.590. The fraction of sp³-hybridized carbons (Fsp3) is 0.538. The summed E-state index contributed by atoms with van der Waals surface area (Å²) in [4.78, 5) is 0. The highest BCUT2D eigenvalue weighted by molar-refractivity contribution is 6.84. The average Bonchev–Trinajstić information content (AvgIpc) is 2.33. The molecule has 1 aliphatic carbocycles. The molecule has 0 aromatic carbocycles. The Balaban J connectivity index is 3.04. The van der Waals surface area contributed by atoms with Gasteiger partial charge in [-0.05, 0) is 44.9 Å². The van der Waals surface area contributed by atoms with Gasteiger partial charge < -0.3 is 0 Å². The monoisotopic (exact) mass is 205 g/mol. The molecule has 14 heavy (non-hydrogen) atoms. The van der Waals surface area contributed by atoms with E-state index in [-0.39, 0.29) is 0 Å². The Bertz CT molecular complexity index is 316. The van der Waals surface area contributed by atoms with Crippen LogP contribution in [0.25, 0.3) is 0 Å². The Labute approximate surface area is 89.4 Å². The highest BCUT2D eigenvalue weighted by atomic mass is 28.3. The van der Waals surface area contributed by atoms with E-state index in [0.29, 0.717) is 5.54 Å². The second-order valence-corrected chi connectivity index (χ2v) is 9.39. The molecule has 0 nitrogen and oxygen atoms in total. The molecule has 77 valence electrons. The maximum Gasteiger partial charge on any atom is 0.0831 e. The molecular weight excluding hydrogens is 184 g/mol. The second kappa shape index (κ2) is 3.89. The summed E-state index contributed by atoms with van der Waals surface area (Å²) in [6.07, 6.45) is 5.83. The highest BCUT2D eigenvalue weighted by Gasteiger charge is 2.33. The lowest BCUT2D eigenvalue weighted by Crippen LogP contribution is -2.29. The molecule has 1 heteroatoms. The summed E-state index contributed by atoms with van der Waals surface area (Å²) < 4.78 is 0. The maximum atomic E-state index is 3.63. The minimum absolute atomic E-state index is 0.596. The molecule has 0 fully saturated rings. The molecule has 0 aromatic rings. The maximum absolute atomic E-state index is 3.63. The third-order valence-electron chi connectivity index (χ3n) is 3.29. The molecule has 0 aliphatic heterocycles. The van der Waals surface area contributed by atoms with Crippen molar-refractivity contribution in [2.24, 2.45) is 0 Å². The average molecular weight is 205 g/mol. The van der Waals surface area contributed by atoms with Crippen LogP contribution in [0.1, 0.15) is 27.7 Å². The smallest absolute Gasteiger partial charge is 0.0831 e. The van der Waals surface area contributed by atoms with Gasteiger partial charge in [0, 0.05) is 5.54 Å². The van der Waals surface area contributed by atoms with Crippen molar-refractivity contribution in [3.63, 3.8) is 0 Å². The van der Waals surface area contributed by atoms with Crippen LogP contribution in [-0.4, -0.2) is 8.07 Å².